The Morgan fingerprint density at radius 2 is 1.20 bits per heavy atom. The van der Waals surface area contributed by atoms with Gasteiger partial charge in [-0.15, -0.1) is 13.2 Å². The minimum absolute atomic E-state index is 0. The SMILES string of the molecule is C=C.[O]=[InH].[SnH2]. The Morgan fingerprint density at radius 1 is 1.20 bits per heavy atom. The zero-order valence-corrected chi connectivity index (χ0v) is 11.3. The van der Waals surface area contributed by atoms with Gasteiger partial charge < -0.3 is 0 Å². The zero-order chi connectivity index (χ0) is 4.00. The summed E-state index contributed by atoms with van der Waals surface area (Å²) in [4.78, 5) is 0. The molecule has 0 N–H and O–H groups in total. The molecule has 0 aliphatic rings. The molecule has 0 fully saturated rings. The Morgan fingerprint density at radius 3 is 1.20 bits per heavy atom. The van der Waals surface area contributed by atoms with Crippen LogP contribution >= 0.6 is 0 Å². The molecule has 0 aromatic heterocycles. The third-order valence-electron chi connectivity index (χ3n) is 0. The van der Waals surface area contributed by atoms with Crippen molar-refractivity contribution >= 4 is 48.3 Å². The van der Waals surface area contributed by atoms with Crippen LogP contribution < -0.4 is 0 Å². The summed E-state index contributed by atoms with van der Waals surface area (Å²) in [6.45, 7) is 6.00. The van der Waals surface area contributed by atoms with E-state index in [1.54, 1.807) is 0 Å². The fraction of sp³-hybridized carbons (Fsp3) is 0. The van der Waals surface area contributed by atoms with E-state index in [-0.39, 0.29) is 48.3 Å². The molecule has 0 saturated heterocycles. The van der Waals surface area contributed by atoms with Gasteiger partial charge in [-0.05, 0) is 0 Å². The third-order valence-corrected chi connectivity index (χ3v) is 0. The van der Waals surface area contributed by atoms with Crippen LogP contribution in [0.2, 0.25) is 0 Å². The van der Waals surface area contributed by atoms with Crippen LogP contribution in [0.15, 0.2) is 13.2 Å². The molecule has 0 aromatic rings. The van der Waals surface area contributed by atoms with E-state index >= 15 is 0 Å². The fourth-order valence-electron chi connectivity index (χ4n) is 0. The zero-order valence-electron chi connectivity index (χ0n) is 3.24. The van der Waals surface area contributed by atoms with E-state index in [1.807, 2.05) is 0 Å². The molecule has 0 saturated carbocycles. The van der Waals surface area contributed by atoms with Gasteiger partial charge in [-0.3, -0.25) is 0 Å². The molecule has 0 amide bonds. The summed E-state index contributed by atoms with van der Waals surface area (Å²) in [5, 5.41) is 0. The summed E-state index contributed by atoms with van der Waals surface area (Å²) in [5.41, 5.74) is 0. The van der Waals surface area contributed by atoms with Gasteiger partial charge in [-0.1, -0.05) is 0 Å². The first-order valence-corrected chi connectivity index (χ1v) is 2.44. The van der Waals surface area contributed by atoms with Gasteiger partial charge in [0, 0.05) is 0 Å². The molecule has 0 atom stereocenters. The van der Waals surface area contributed by atoms with E-state index in [9.17, 15) is 0 Å². The summed E-state index contributed by atoms with van der Waals surface area (Å²) in [6.07, 6.45) is 0. The first-order valence-electron chi connectivity index (χ1n) is 0.789. The molecule has 0 aliphatic heterocycles. The van der Waals surface area contributed by atoms with E-state index in [0.29, 0.717) is 0 Å². The molecule has 0 unspecified atom stereocenters. The standard InChI is InChI=1S/C2H4.In.O.Sn.3H/c1-2;;;;;;/h1-2H2;;;;;;. The van der Waals surface area contributed by atoms with Crippen molar-refractivity contribution in [2.75, 3.05) is 0 Å². The fourth-order valence-corrected chi connectivity index (χ4v) is 0. The van der Waals surface area contributed by atoms with Crippen LogP contribution in [-0.4, -0.2) is 48.3 Å². The Bertz CT molecular complexity index is 11.6. The van der Waals surface area contributed by atoms with Gasteiger partial charge in [-0.25, -0.2) is 0 Å². The monoisotopic (exact) mass is 282 g/mol. The van der Waals surface area contributed by atoms with Crippen molar-refractivity contribution in [3.63, 3.8) is 0 Å². The van der Waals surface area contributed by atoms with Gasteiger partial charge in [0.15, 0.2) is 0 Å². The van der Waals surface area contributed by atoms with E-state index in [2.05, 4.69) is 13.2 Å². The van der Waals surface area contributed by atoms with Crippen molar-refractivity contribution in [1.82, 2.24) is 0 Å². The van der Waals surface area contributed by atoms with Crippen molar-refractivity contribution in [2.24, 2.45) is 0 Å². The van der Waals surface area contributed by atoms with Crippen molar-refractivity contribution in [3.05, 3.63) is 13.2 Å². The molecule has 0 heterocycles. The normalized spacial score (nSPS) is 1.40. The van der Waals surface area contributed by atoms with Gasteiger partial charge in [-0.2, -0.15) is 0 Å². The first kappa shape index (κ1) is 16.4. The summed E-state index contributed by atoms with van der Waals surface area (Å²) in [7, 11) is 0. The third kappa shape index (κ3) is 36.7. The minimum atomic E-state index is -0.1000. The van der Waals surface area contributed by atoms with Crippen LogP contribution in [-0.2, 0) is 2.85 Å². The van der Waals surface area contributed by atoms with E-state index in [4.69, 9.17) is 2.85 Å². The number of hydrogen-bond acceptors (Lipinski definition) is 1. The van der Waals surface area contributed by atoms with Crippen LogP contribution in [0.1, 0.15) is 0 Å². The molecule has 0 aliphatic carbocycles. The van der Waals surface area contributed by atoms with Crippen LogP contribution in [0.3, 0.4) is 0 Å². The molecule has 0 rings (SSSR count). The molecule has 0 bridgehead atoms. The second-order valence-electron chi connectivity index (χ2n) is 0. The molecule has 2 radical (unpaired) electrons. The topological polar surface area (TPSA) is 17.1 Å². The maximum atomic E-state index is 8.42. The quantitative estimate of drug-likeness (QED) is 0.416. The Hall–Kier alpha value is 1.21. The van der Waals surface area contributed by atoms with Gasteiger partial charge in [0.25, 0.3) is 0 Å². The van der Waals surface area contributed by atoms with Gasteiger partial charge in [0.05, 0.1) is 0 Å². The number of hydrogen-bond donors (Lipinski definition) is 0. The average Bonchev–Trinajstić information content (AvgIpc) is 1.50. The predicted molar refractivity (Wildman–Crippen MR) is 27.6 cm³/mol. The molecule has 0 spiro atoms. The molecule has 3 heteroatoms. The molecular weight excluding hydrogens is 274 g/mol. The number of rotatable bonds is 0. The van der Waals surface area contributed by atoms with E-state index in [1.165, 1.54) is 0 Å². The summed E-state index contributed by atoms with van der Waals surface area (Å²) in [6, 6.07) is 0. The Labute approximate surface area is 63.8 Å². The Kier molecular flexibility index (Phi) is 207. The molecule has 5 heavy (non-hydrogen) atoms. The van der Waals surface area contributed by atoms with Crippen molar-refractivity contribution < 1.29 is 2.85 Å². The van der Waals surface area contributed by atoms with E-state index in [0.717, 1.165) is 0 Å². The van der Waals surface area contributed by atoms with Crippen molar-refractivity contribution in [2.45, 2.75) is 0 Å². The molecular formula is C2H7InOSn. The first-order chi connectivity index (χ1) is 2.00. The molecule has 28 valence electrons. The van der Waals surface area contributed by atoms with Gasteiger partial charge in [0.1, 0.15) is 0 Å². The van der Waals surface area contributed by atoms with Gasteiger partial charge in [0.2, 0.25) is 0 Å². The Balaban J connectivity index is -0.0000000133. The average molecular weight is 281 g/mol. The second-order valence-corrected chi connectivity index (χ2v) is 0. The maximum absolute atomic E-state index is 8.42. The molecule has 1 nitrogen and oxygen atoms in total. The van der Waals surface area contributed by atoms with Crippen molar-refractivity contribution in [3.8, 4) is 0 Å². The van der Waals surface area contributed by atoms with E-state index < -0.39 is 0 Å². The van der Waals surface area contributed by atoms with Gasteiger partial charge >= 0.3 is 51.1 Å². The summed E-state index contributed by atoms with van der Waals surface area (Å²) < 4.78 is 8.42. The summed E-state index contributed by atoms with van der Waals surface area (Å²) >= 11 is -0.1000. The van der Waals surface area contributed by atoms with Crippen LogP contribution in [0.25, 0.3) is 0 Å². The van der Waals surface area contributed by atoms with Crippen molar-refractivity contribution in [1.29, 1.82) is 0 Å². The second kappa shape index (κ2) is 63.1. The predicted octanol–water partition coefficient (Wildman–Crippen LogP) is -0.881. The van der Waals surface area contributed by atoms with Crippen LogP contribution in [0.4, 0.5) is 0 Å². The summed E-state index contributed by atoms with van der Waals surface area (Å²) in [5.74, 6) is 0. The molecule has 0 aromatic carbocycles. The van der Waals surface area contributed by atoms with Crippen LogP contribution in [0.5, 0.6) is 0 Å². The van der Waals surface area contributed by atoms with Crippen LogP contribution in [0, 0.1) is 0 Å².